The van der Waals surface area contributed by atoms with Crippen molar-refractivity contribution in [1.29, 1.82) is 0 Å². The van der Waals surface area contributed by atoms with Gasteiger partial charge >= 0.3 is 12.0 Å². The summed E-state index contributed by atoms with van der Waals surface area (Å²) in [5.41, 5.74) is -0.00977. The van der Waals surface area contributed by atoms with Crippen molar-refractivity contribution in [2.75, 3.05) is 6.61 Å². The number of amides is 1. The first-order valence-corrected chi connectivity index (χ1v) is 5.56. The van der Waals surface area contributed by atoms with E-state index in [0.717, 1.165) is 12.1 Å². The summed E-state index contributed by atoms with van der Waals surface area (Å²) in [6, 6.07) is 0.634. The number of alkyl halides is 2. The van der Waals surface area contributed by atoms with Gasteiger partial charge in [0.05, 0.1) is 10.0 Å². The van der Waals surface area contributed by atoms with Crippen molar-refractivity contribution in [1.82, 2.24) is 5.32 Å². The highest BCUT2D eigenvalue weighted by atomic mass is 35.5. The van der Waals surface area contributed by atoms with Gasteiger partial charge in [0.2, 0.25) is 0 Å². The molecule has 0 spiro atoms. The smallest absolute Gasteiger partial charge is 0.408 e. The van der Waals surface area contributed by atoms with Crippen LogP contribution in [0.15, 0.2) is 12.1 Å². The molecule has 1 amide bonds. The van der Waals surface area contributed by atoms with E-state index in [1.54, 1.807) is 0 Å². The van der Waals surface area contributed by atoms with Crippen LogP contribution in [0.3, 0.4) is 0 Å². The molecule has 0 aliphatic carbocycles. The number of hydrogen-bond donors (Lipinski definition) is 2. The lowest BCUT2D eigenvalue weighted by Crippen LogP contribution is -2.49. The van der Waals surface area contributed by atoms with E-state index in [1.165, 1.54) is 0 Å². The number of aromatic hydroxyl groups is 1. The lowest BCUT2D eigenvalue weighted by Gasteiger charge is -2.32. The Morgan fingerprint density at radius 3 is 2.50 bits per heavy atom. The second-order valence-corrected chi connectivity index (χ2v) is 4.56. The zero-order chi connectivity index (χ0) is 13.5. The van der Waals surface area contributed by atoms with Gasteiger partial charge in [-0.05, 0) is 17.7 Å². The Balaban J connectivity index is 2.43. The highest BCUT2D eigenvalue weighted by Crippen LogP contribution is 2.40. The minimum absolute atomic E-state index is 0.00977. The van der Waals surface area contributed by atoms with Crippen molar-refractivity contribution < 1.29 is 23.4 Å². The Morgan fingerprint density at radius 2 is 1.94 bits per heavy atom. The Morgan fingerprint density at radius 1 is 1.39 bits per heavy atom. The van der Waals surface area contributed by atoms with Crippen LogP contribution in [-0.2, 0) is 4.74 Å². The van der Waals surface area contributed by atoms with Crippen molar-refractivity contribution in [2.24, 2.45) is 0 Å². The molecule has 2 rings (SSSR count). The third-order valence-electron chi connectivity index (χ3n) is 2.45. The van der Waals surface area contributed by atoms with E-state index in [2.05, 4.69) is 4.74 Å². The first-order chi connectivity index (χ1) is 8.31. The molecule has 1 aromatic rings. The number of phenolic OH excluding ortho intramolecular Hbond substituents is 1. The highest BCUT2D eigenvalue weighted by Gasteiger charge is 2.47. The third-order valence-corrected chi connectivity index (χ3v) is 3.03. The summed E-state index contributed by atoms with van der Waals surface area (Å²) in [6.07, 6.45) is -0.953. The highest BCUT2D eigenvalue weighted by molar-refractivity contribution is 6.37. The van der Waals surface area contributed by atoms with Crippen LogP contribution < -0.4 is 5.32 Å². The zero-order valence-electron chi connectivity index (χ0n) is 8.71. The van der Waals surface area contributed by atoms with Crippen molar-refractivity contribution in [3.63, 3.8) is 0 Å². The molecule has 0 aromatic heterocycles. The molecular weight excluding hydrogens is 291 g/mol. The minimum Gasteiger partial charge on any atom is -0.505 e. The van der Waals surface area contributed by atoms with E-state index in [0.29, 0.717) is 0 Å². The Bertz CT molecular complexity index is 487. The van der Waals surface area contributed by atoms with Gasteiger partial charge in [0.1, 0.15) is 6.04 Å². The van der Waals surface area contributed by atoms with Crippen LogP contribution in [0.2, 0.25) is 10.0 Å². The van der Waals surface area contributed by atoms with Gasteiger partial charge < -0.3 is 15.2 Å². The molecule has 0 saturated carbocycles. The molecule has 0 radical (unpaired) electrons. The van der Waals surface area contributed by atoms with Crippen LogP contribution in [0.1, 0.15) is 11.6 Å². The van der Waals surface area contributed by atoms with E-state index < -0.39 is 30.4 Å². The molecule has 0 bridgehead atoms. The molecule has 1 aliphatic rings. The van der Waals surface area contributed by atoms with Crippen molar-refractivity contribution in [2.45, 2.75) is 12.0 Å². The summed E-state index contributed by atoms with van der Waals surface area (Å²) in [7, 11) is 0. The summed E-state index contributed by atoms with van der Waals surface area (Å²) in [5, 5.41) is 11.0. The SMILES string of the molecule is O=C1N[C@H](c2cc(Cl)c(O)c(Cl)c2)C(F)(F)CO1. The van der Waals surface area contributed by atoms with Crippen LogP contribution in [0.4, 0.5) is 13.6 Å². The van der Waals surface area contributed by atoms with Crippen LogP contribution in [-0.4, -0.2) is 23.7 Å². The Labute approximate surface area is 110 Å². The summed E-state index contributed by atoms with van der Waals surface area (Å²) in [5.74, 6) is -3.69. The molecule has 1 aliphatic heterocycles. The first kappa shape index (κ1) is 13.2. The Hall–Kier alpha value is -1.27. The van der Waals surface area contributed by atoms with E-state index >= 15 is 0 Å². The maximum Gasteiger partial charge on any atom is 0.408 e. The molecule has 1 atom stereocenters. The lowest BCUT2D eigenvalue weighted by atomic mass is 10.00. The van der Waals surface area contributed by atoms with E-state index in [4.69, 9.17) is 23.2 Å². The molecular formula is C10H7Cl2F2NO3. The zero-order valence-corrected chi connectivity index (χ0v) is 10.2. The van der Waals surface area contributed by atoms with Crippen LogP contribution in [0, 0.1) is 0 Å². The van der Waals surface area contributed by atoms with E-state index in [9.17, 15) is 18.7 Å². The maximum absolute atomic E-state index is 13.6. The predicted octanol–water partition coefficient (Wildman–Crippen LogP) is 3.12. The van der Waals surface area contributed by atoms with Crippen molar-refractivity contribution in [3.8, 4) is 5.75 Å². The molecule has 1 fully saturated rings. The average Bonchev–Trinajstić information content (AvgIpc) is 2.28. The van der Waals surface area contributed by atoms with Crippen molar-refractivity contribution in [3.05, 3.63) is 27.7 Å². The van der Waals surface area contributed by atoms with Crippen LogP contribution >= 0.6 is 23.2 Å². The number of nitrogens with one attached hydrogen (secondary N) is 1. The molecule has 4 nitrogen and oxygen atoms in total. The van der Waals surface area contributed by atoms with Gasteiger partial charge in [-0.3, -0.25) is 0 Å². The maximum atomic E-state index is 13.6. The molecule has 18 heavy (non-hydrogen) atoms. The quantitative estimate of drug-likeness (QED) is 0.837. The van der Waals surface area contributed by atoms with Gasteiger partial charge in [-0.25, -0.2) is 13.6 Å². The van der Waals surface area contributed by atoms with Crippen molar-refractivity contribution >= 4 is 29.3 Å². The number of rotatable bonds is 1. The van der Waals surface area contributed by atoms with E-state index in [-0.39, 0.29) is 15.6 Å². The molecule has 1 saturated heterocycles. The number of carbonyl (C=O) groups excluding carboxylic acids is 1. The topological polar surface area (TPSA) is 58.6 Å². The number of cyclic esters (lactones) is 1. The van der Waals surface area contributed by atoms with Crippen LogP contribution in [0.25, 0.3) is 0 Å². The molecule has 1 aromatic carbocycles. The van der Waals surface area contributed by atoms with Gasteiger partial charge in [-0.1, -0.05) is 23.2 Å². The number of ether oxygens (including phenoxy) is 1. The number of alkyl carbamates (subject to hydrolysis) is 1. The largest absolute Gasteiger partial charge is 0.505 e. The second-order valence-electron chi connectivity index (χ2n) is 3.75. The first-order valence-electron chi connectivity index (χ1n) is 4.80. The summed E-state index contributed by atoms with van der Waals surface area (Å²) in [4.78, 5) is 11.0. The third kappa shape index (κ3) is 2.30. The summed E-state index contributed by atoms with van der Waals surface area (Å²) < 4.78 is 31.4. The molecule has 1 heterocycles. The fourth-order valence-corrected chi connectivity index (χ4v) is 2.09. The number of benzene rings is 1. The van der Waals surface area contributed by atoms with Gasteiger partial charge in [0, 0.05) is 0 Å². The van der Waals surface area contributed by atoms with Gasteiger partial charge in [0.15, 0.2) is 12.4 Å². The standard InChI is InChI=1S/C10H7Cl2F2NO3/c11-5-1-4(2-6(12)7(5)16)8-10(13,14)3-18-9(17)15-8/h1-2,8,16H,3H2,(H,15,17)/t8-/m1/s1. The predicted molar refractivity (Wildman–Crippen MR) is 60.3 cm³/mol. The lowest BCUT2D eigenvalue weighted by molar-refractivity contribution is -0.104. The number of carbonyl (C=O) groups is 1. The fourth-order valence-electron chi connectivity index (χ4n) is 1.59. The Kier molecular flexibility index (Phi) is 3.25. The van der Waals surface area contributed by atoms with Crippen LogP contribution in [0.5, 0.6) is 5.75 Å². The number of halogens is 4. The summed E-state index contributed by atoms with van der Waals surface area (Å²) in [6.45, 7) is -1.03. The fraction of sp³-hybridized carbons (Fsp3) is 0.300. The molecule has 2 N–H and O–H groups in total. The molecule has 8 heteroatoms. The minimum atomic E-state index is -3.29. The number of hydrogen-bond acceptors (Lipinski definition) is 3. The average molecular weight is 298 g/mol. The molecule has 0 unspecified atom stereocenters. The van der Waals surface area contributed by atoms with Gasteiger partial charge in [-0.15, -0.1) is 0 Å². The van der Waals surface area contributed by atoms with Gasteiger partial charge in [-0.2, -0.15) is 0 Å². The monoisotopic (exact) mass is 297 g/mol. The van der Waals surface area contributed by atoms with Gasteiger partial charge in [0.25, 0.3) is 0 Å². The molecule has 98 valence electrons. The normalized spacial score (nSPS) is 22.2. The second kappa shape index (κ2) is 4.44. The summed E-state index contributed by atoms with van der Waals surface area (Å²) >= 11 is 11.3. The number of phenols is 1. The van der Waals surface area contributed by atoms with E-state index in [1.807, 2.05) is 5.32 Å².